The summed E-state index contributed by atoms with van der Waals surface area (Å²) in [6.07, 6.45) is 3.19. The van der Waals surface area contributed by atoms with E-state index in [2.05, 4.69) is 19.8 Å². The number of ether oxygens (including phenoxy) is 1. The Morgan fingerprint density at radius 1 is 0.853 bits per heavy atom. The molecule has 0 unspecified atom stereocenters. The molecule has 2 saturated heterocycles. The second-order valence-electron chi connectivity index (χ2n) is 8.68. The quantitative estimate of drug-likeness (QED) is 0.539. The molecule has 0 radical (unpaired) electrons. The Bertz CT molecular complexity index is 1100. The normalized spacial score (nSPS) is 17.0. The maximum absolute atomic E-state index is 13.2. The Morgan fingerprint density at radius 3 is 2.26 bits per heavy atom. The van der Waals surface area contributed by atoms with Gasteiger partial charge in [0.1, 0.15) is 17.9 Å². The van der Waals surface area contributed by atoms with E-state index in [0.29, 0.717) is 5.88 Å². The van der Waals surface area contributed by atoms with Crippen molar-refractivity contribution in [3.63, 3.8) is 0 Å². The molecule has 2 fully saturated rings. The zero-order valence-electron chi connectivity index (χ0n) is 19.0. The minimum absolute atomic E-state index is 0.0696. The van der Waals surface area contributed by atoms with E-state index in [1.165, 1.54) is 6.33 Å². The lowest BCUT2D eigenvalue weighted by Gasteiger charge is -2.39. The predicted octanol–water partition coefficient (Wildman–Crippen LogP) is 4.49. The van der Waals surface area contributed by atoms with Crippen LogP contribution in [0.4, 0.5) is 11.5 Å². The lowest BCUT2D eigenvalue weighted by Crippen LogP contribution is -2.51. The maximum Gasteiger partial charge on any atom is 0.225 e. The molecule has 0 aliphatic carbocycles. The highest BCUT2D eigenvalue weighted by molar-refractivity contribution is 6.30. The van der Waals surface area contributed by atoms with Gasteiger partial charge in [0.25, 0.3) is 0 Å². The number of hydrogen-bond acceptors (Lipinski definition) is 6. The minimum Gasteiger partial charge on any atom is -0.439 e. The van der Waals surface area contributed by atoms with Gasteiger partial charge in [-0.15, -0.1) is 0 Å². The lowest BCUT2D eigenvalue weighted by molar-refractivity contribution is -0.136. The van der Waals surface area contributed by atoms with Crippen LogP contribution in [0.1, 0.15) is 12.8 Å². The smallest absolute Gasteiger partial charge is 0.225 e. The van der Waals surface area contributed by atoms with Crippen LogP contribution in [0, 0.1) is 5.92 Å². The van der Waals surface area contributed by atoms with Gasteiger partial charge in [0, 0.05) is 62.0 Å². The van der Waals surface area contributed by atoms with Crippen molar-refractivity contribution in [2.75, 3.05) is 49.1 Å². The topological polar surface area (TPSA) is 61.8 Å². The fourth-order valence-corrected chi connectivity index (χ4v) is 4.74. The van der Waals surface area contributed by atoms with Crippen molar-refractivity contribution in [3.8, 4) is 11.6 Å². The van der Waals surface area contributed by atoms with E-state index in [4.69, 9.17) is 16.3 Å². The third kappa shape index (κ3) is 5.25. The first-order chi connectivity index (χ1) is 16.7. The maximum atomic E-state index is 13.2. The number of rotatable bonds is 5. The molecule has 8 heteroatoms. The Hall–Kier alpha value is -3.32. The summed E-state index contributed by atoms with van der Waals surface area (Å²) < 4.78 is 5.85. The summed E-state index contributed by atoms with van der Waals surface area (Å²) in [6.45, 7) is 4.79. The van der Waals surface area contributed by atoms with Gasteiger partial charge in [0.2, 0.25) is 11.8 Å². The van der Waals surface area contributed by atoms with Crippen molar-refractivity contribution >= 4 is 29.0 Å². The molecule has 0 atom stereocenters. The summed E-state index contributed by atoms with van der Waals surface area (Å²) >= 11 is 6.00. The van der Waals surface area contributed by atoms with Crippen molar-refractivity contribution in [3.05, 3.63) is 72.0 Å². The van der Waals surface area contributed by atoms with E-state index in [0.717, 1.165) is 74.4 Å². The summed E-state index contributed by atoms with van der Waals surface area (Å²) in [5, 5.41) is 0.741. The second kappa shape index (κ2) is 10.3. The van der Waals surface area contributed by atoms with Gasteiger partial charge in [-0.1, -0.05) is 29.8 Å². The summed E-state index contributed by atoms with van der Waals surface area (Å²) in [7, 11) is 0. The number of para-hydroxylation sites is 1. The molecular formula is C26H28ClN5O2. The number of carbonyl (C=O) groups is 1. The molecule has 2 aromatic carbocycles. The van der Waals surface area contributed by atoms with Gasteiger partial charge < -0.3 is 19.4 Å². The fraction of sp³-hybridized carbons (Fsp3) is 0.346. The summed E-state index contributed by atoms with van der Waals surface area (Å²) in [4.78, 5) is 28.4. The number of anilines is 2. The minimum atomic E-state index is 0.0696. The first-order valence-corrected chi connectivity index (χ1v) is 12.1. The van der Waals surface area contributed by atoms with Gasteiger partial charge >= 0.3 is 0 Å². The molecule has 2 aliphatic heterocycles. The highest BCUT2D eigenvalue weighted by Crippen LogP contribution is 2.27. The average Bonchev–Trinajstić information content (AvgIpc) is 2.90. The van der Waals surface area contributed by atoms with E-state index >= 15 is 0 Å². The van der Waals surface area contributed by atoms with Gasteiger partial charge in [-0.05, 0) is 49.2 Å². The number of hydrogen-bond donors (Lipinski definition) is 0. The van der Waals surface area contributed by atoms with Gasteiger partial charge in [-0.3, -0.25) is 4.79 Å². The van der Waals surface area contributed by atoms with E-state index in [1.807, 2.05) is 65.6 Å². The van der Waals surface area contributed by atoms with Crippen molar-refractivity contribution in [1.82, 2.24) is 14.9 Å². The van der Waals surface area contributed by atoms with Crippen LogP contribution < -0.4 is 14.5 Å². The monoisotopic (exact) mass is 477 g/mol. The van der Waals surface area contributed by atoms with E-state index in [9.17, 15) is 4.79 Å². The Balaban J connectivity index is 1.12. The standard InChI is InChI=1S/C26H28ClN5O2/c27-21-6-8-22(9-7-21)30-14-16-32(17-15-30)26(33)20-10-12-31(13-11-20)24-18-25(29-19-28-24)34-23-4-2-1-3-5-23/h1-9,18-20H,10-17H2. The third-order valence-electron chi connectivity index (χ3n) is 6.54. The molecule has 0 N–H and O–H groups in total. The number of halogens is 1. The van der Waals surface area contributed by atoms with Crippen LogP contribution in [0.25, 0.3) is 0 Å². The van der Waals surface area contributed by atoms with Crippen LogP contribution in [-0.4, -0.2) is 60.0 Å². The SMILES string of the molecule is O=C(C1CCN(c2cc(Oc3ccccc3)ncn2)CC1)N1CCN(c2ccc(Cl)cc2)CC1. The molecule has 3 heterocycles. The fourth-order valence-electron chi connectivity index (χ4n) is 4.62. The molecule has 5 rings (SSSR count). The predicted molar refractivity (Wildman–Crippen MR) is 134 cm³/mol. The molecular weight excluding hydrogens is 450 g/mol. The number of piperazine rings is 1. The van der Waals surface area contributed by atoms with Gasteiger partial charge in [0.05, 0.1) is 0 Å². The average molecular weight is 478 g/mol. The number of piperidine rings is 1. The molecule has 1 amide bonds. The van der Waals surface area contributed by atoms with Gasteiger partial charge in [-0.25, -0.2) is 9.97 Å². The highest BCUT2D eigenvalue weighted by atomic mass is 35.5. The van der Waals surface area contributed by atoms with Gasteiger partial charge in [0.15, 0.2) is 0 Å². The second-order valence-corrected chi connectivity index (χ2v) is 9.12. The van der Waals surface area contributed by atoms with E-state index in [1.54, 1.807) is 0 Å². The van der Waals surface area contributed by atoms with E-state index in [-0.39, 0.29) is 11.8 Å². The van der Waals surface area contributed by atoms with Crippen LogP contribution in [0.5, 0.6) is 11.6 Å². The van der Waals surface area contributed by atoms with Crippen LogP contribution in [0.15, 0.2) is 67.0 Å². The first-order valence-electron chi connectivity index (χ1n) is 11.7. The van der Waals surface area contributed by atoms with E-state index < -0.39 is 0 Å². The van der Waals surface area contributed by atoms with Crippen molar-refractivity contribution in [2.24, 2.45) is 5.92 Å². The summed E-state index contributed by atoms with van der Waals surface area (Å²) in [6, 6.07) is 19.4. The molecule has 34 heavy (non-hydrogen) atoms. The number of carbonyl (C=O) groups excluding carboxylic acids is 1. The van der Waals surface area contributed by atoms with Crippen LogP contribution in [0.3, 0.4) is 0 Å². The third-order valence-corrected chi connectivity index (χ3v) is 6.80. The van der Waals surface area contributed by atoms with Crippen molar-refractivity contribution < 1.29 is 9.53 Å². The van der Waals surface area contributed by atoms with Crippen LogP contribution >= 0.6 is 11.6 Å². The van der Waals surface area contributed by atoms with Crippen molar-refractivity contribution in [2.45, 2.75) is 12.8 Å². The molecule has 176 valence electrons. The van der Waals surface area contributed by atoms with Crippen LogP contribution in [0.2, 0.25) is 5.02 Å². The number of benzene rings is 2. The first kappa shape index (κ1) is 22.5. The Kier molecular flexibility index (Phi) is 6.81. The number of amides is 1. The molecule has 0 spiro atoms. The molecule has 2 aliphatic rings. The molecule has 1 aromatic heterocycles. The number of aromatic nitrogens is 2. The molecule has 3 aromatic rings. The van der Waals surface area contributed by atoms with Crippen molar-refractivity contribution in [1.29, 1.82) is 0 Å². The largest absolute Gasteiger partial charge is 0.439 e. The van der Waals surface area contributed by atoms with Gasteiger partial charge in [-0.2, -0.15) is 0 Å². The number of nitrogens with zero attached hydrogens (tertiary/aromatic N) is 5. The molecule has 0 bridgehead atoms. The lowest BCUT2D eigenvalue weighted by atomic mass is 9.95. The zero-order chi connectivity index (χ0) is 23.3. The highest BCUT2D eigenvalue weighted by Gasteiger charge is 2.31. The van der Waals surface area contributed by atoms with Crippen LogP contribution in [-0.2, 0) is 4.79 Å². The summed E-state index contributed by atoms with van der Waals surface area (Å²) in [5.41, 5.74) is 1.16. The molecule has 7 nitrogen and oxygen atoms in total. The Morgan fingerprint density at radius 2 is 1.56 bits per heavy atom. The Labute approximate surface area is 204 Å². The zero-order valence-corrected chi connectivity index (χ0v) is 19.8. The summed E-state index contributed by atoms with van der Waals surface area (Å²) in [5.74, 6) is 2.45. The molecule has 0 saturated carbocycles.